The SMILES string of the molecule is CCN(CCO)C(=O)NCc1ccccc1Cl. The molecule has 1 rings (SSSR count). The summed E-state index contributed by atoms with van der Waals surface area (Å²) in [4.78, 5) is 13.2. The van der Waals surface area contributed by atoms with Crippen LogP contribution in [0.15, 0.2) is 24.3 Å². The van der Waals surface area contributed by atoms with Crippen molar-refractivity contribution < 1.29 is 9.90 Å². The van der Waals surface area contributed by atoms with Gasteiger partial charge in [0.15, 0.2) is 0 Å². The molecule has 5 heteroatoms. The standard InChI is InChI=1S/C12H17ClN2O2/c1-2-15(7-8-16)12(17)14-9-10-5-3-4-6-11(10)13/h3-6,16H,2,7-9H2,1H3,(H,14,17). The topological polar surface area (TPSA) is 52.6 Å². The normalized spacial score (nSPS) is 10.1. The molecule has 0 atom stereocenters. The number of nitrogens with zero attached hydrogens (tertiary/aromatic N) is 1. The number of rotatable bonds is 5. The van der Waals surface area contributed by atoms with Crippen molar-refractivity contribution in [2.75, 3.05) is 19.7 Å². The molecule has 0 saturated heterocycles. The molecule has 0 bridgehead atoms. The van der Waals surface area contributed by atoms with E-state index in [9.17, 15) is 4.79 Å². The predicted molar refractivity (Wildman–Crippen MR) is 68.0 cm³/mol. The molecular weight excluding hydrogens is 240 g/mol. The third kappa shape index (κ3) is 4.24. The molecule has 2 amide bonds. The molecule has 0 spiro atoms. The van der Waals surface area contributed by atoms with E-state index >= 15 is 0 Å². The number of carbonyl (C=O) groups excluding carboxylic acids is 1. The van der Waals surface area contributed by atoms with Gasteiger partial charge in [-0.05, 0) is 18.6 Å². The number of hydrogen-bond donors (Lipinski definition) is 2. The van der Waals surface area contributed by atoms with Gasteiger partial charge in [0.1, 0.15) is 0 Å². The molecule has 94 valence electrons. The van der Waals surface area contributed by atoms with Crippen LogP contribution in [0.2, 0.25) is 5.02 Å². The first kappa shape index (κ1) is 13.8. The Bertz CT molecular complexity index is 371. The summed E-state index contributed by atoms with van der Waals surface area (Å²) in [5.74, 6) is 0. The van der Waals surface area contributed by atoms with Crippen molar-refractivity contribution >= 4 is 17.6 Å². The Morgan fingerprint density at radius 2 is 2.18 bits per heavy atom. The van der Waals surface area contributed by atoms with E-state index in [2.05, 4.69) is 5.32 Å². The first-order valence-corrected chi connectivity index (χ1v) is 5.93. The van der Waals surface area contributed by atoms with E-state index in [1.165, 1.54) is 4.90 Å². The second-order valence-corrected chi connectivity index (χ2v) is 3.96. The summed E-state index contributed by atoms with van der Waals surface area (Å²) in [5, 5.41) is 12.2. The Balaban J connectivity index is 2.50. The summed E-state index contributed by atoms with van der Waals surface area (Å²) in [5.41, 5.74) is 0.877. The highest BCUT2D eigenvalue weighted by molar-refractivity contribution is 6.31. The molecule has 0 fully saturated rings. The van der Waals surface area contributed by atoms with Crippen molar-refractivity contribution in [3.05, 3.63) is 34.9 Å². The number of halogens is 1. The van der Waals surface area contributed by atoms with E-state index in [1.807, 2.05) is 25.1 Å². The third-order valence-corrected chi connectivity index (χ3v) is 2.80. The van der Waals surface area contributed by atoms with Crippen LogP contribution in [0.25, 0.3) is 0 Å². The van der Waals surface area contributed by atoms with Crippen LogP contribution in [0.1, 0.15) is 12.5 Å². The van der Waals surface area contributed by atoms with Gasteiger partial charge in [0.25, 0.3) is 0 Å². The van der Waals surface area contributed by atoms with Gasteiger partial charge in [-0.1, -0.05) is 29.8 Å². The van der Waals surface area contributed by atoms with Gasteiger partial charge in [0, 0.05) is 24.7 Å². The van der Waals surface area contributed by atoms with Gasteiger partial charge in [0.2, 0.25) is 0 Å². The van der Waals surface area contributed by atoms with Crippen LogP contribution in [0, 0.1) is 0 Å². The number of carbonyl (C=O) groups is 1. The molecule has 0 heterocycles. The number of aliphatic hydroxyl groups excluding tert-OH is 1. The monoisotopic (exact) mass is 256 g/mol. The molecule has 1 aromatic carbocycles. The van der Waals surface area contributed by atoms with Gasteiger partial charge < -0.3 is 15.3 Å². The zero-order chi connectivity index (χ0) is 12.7. The Labute approximate surface area is 106 Å². The van der Waals surface area contributed by atoms with Crippen LogP contribution in [0.4, 0.5) is 4.79 Å². The van der Waals surface area contributed by atoms with Crippen LogP contribution in [0.5, 0.6) is 0 Å². The van der Waals surface area contributed by atoms with Crippen molar-refractivity contribution in [2.45, 2.75) is 13.5 Å². The molecule has 4 nitrogen and oxygen atoms in total. The number of likely N-dealkylation sites (N-methyl/N-ethyl adjacent to an activating group) is 1. The Kier molecular flexibility index (Phi) is 5.80. The summed E-state index contributed by atoms with van der Waals surface area (Å²) in [7, 11) is 0. The van der Waals surface area contributed by atoms with E-state index in [0.29, 0.717) is 24.7 Å². The fraction of sp³-hybridized carbons (Fsp3) is 0.417. The molecule has 1 aromatic rings. The second-order valence-electron chi connectivity index (χ2n) is 3.55. The maximum Gasteiger partial charge on any atom is 0.317 e. The number of urea groups is 1. The van der Waals surface area contributed by atoms with Gasteiger partial charge >= 0.3 is 6.03 Å². The van der Waals surface area contributed by atoms with Crippen LogP contribution in [-0.4, -0.2) is 35.7 Å². The molecule has 0 unspecified atom stereocenters. The van der Waals surface area contributed by atoms with Gasteiger partial charge in [-0.25, -0.2) is 4.79 Å². The fourth-order valence-electron chi connectivity index (χ4n) is 1.45. The quantitative estimate of drug-likeness (QED) is 0.845. The number of nitrogens with one attached hydrogen (secondary N) is 1. The number of amides is 2. The summed E-state index contributed by atoms with van der Waals surface area (Å²) in [6.45, 7) is 3.12. The van der Waals surface area contributed by atoms with Gasteiger partial charge in [-0.3, -0.25) is 0 Å². The van der Waals surface area contributed by atoms with Gasteiger partial charge in [0.05, 0.1) is 6.61 Å². The van der Waals surface area contributed by atoms with Crippen molar-refractivity contribution in [1.82, 2.24) is 10.2 Å². The van der Waals surface area contributed by atoms with Crippen molar-refractivity contribution in [3.8, 4) is 0 Å². The lowest BCUT2D eigenvalue weighted by atomic mass is 10.2. The summed E-state index contributed by atoms with van der Waals surface area (Å²) >= 11 is 5.98. The Morgan fingerprint density at radius 3 is 2.76 bits per heavy atom. The minimum absolute atomic E-state index is 0.0344. The maximum absolute atomic E-state index is 11.7. The predicted octanol–water partition coefficient (Wildman–Crippen LogP) is 1.86. The second kappa shape index (κ2) is 7.14. The summed E-state index contributed by atoms with van der Waals surface area (Å²) in [6.07, 6.45) is 0. The van der Waals surface area contributed by atoms with Crippen LogP contribution in [0.3, 0.4) is 0 Å². The average molecular weight is 257 g/mol. The van der Waals surface area contributed by atoms with E-state index in [-0.39, 0.29) is 12.6 Å². The van der Waals surface area contributed by atoms with Gasteiger partial charge in [-0.2, -0.15) is 0 Å². The number of benzene rings is 1. The maximum atomic E-state index is 11.7. The minimum Gasteiger partial charge on any atom is -0.395 e. The van der Waals surface area contributed by atoms with E-state index in [1.54, 1.807) is 6.07 Å². The lowest BCUT2D eigenvalue weighted by molar-refractivity contribution is 0.180. The molecule has 0 aromatic heterocycles. The molecule has 17 heavy (non-hydrogen) atoms. The van der Waals surface area contributed by atoms with Crippen LogP contribution >= 0.6 is 11.6 Å². The van der Waals surface area contributed by atoms with Gasteiger partial charge in [-0.15, -0.1) is 0 Å². The van der Waals surface area contributed by atoms with Crippen LogP contribution in [-0.2, 0) is 6.54 Å². The summed E-state index contributed by atoms with van der Waals surface area (Å²) in [6, 6.07) is 7.18. The number of hydrogen-bond acceptors (Lipinski definition) is 2. The highest BCUT2D eigenvalue weighted by atomic mass is 35.5. The average Bonchev–Trinajstić information content (AvgIpc) is 2.34. The van der Waals surface area contributed by atoms with E-state index in [4.69, 9.17) is 16.7 Å². The first-order valence-electron chi connectivity index (χ1n) is 5.56. The summed E-state index contributed by atoms with van der Waals surface area (Å²) < 4.78 is 0. The minimum atomic E-state index is -0.193. The molecule has 0 radical (unpaired) electrons. The van der Waals surface area contributed by atoms with Crippen molar-refractivity contribution in [1.29, 1.82) is 0 Å². The largest absolute Gasteiger partial charge is 0.395 e. The zero-order valence-electron chi connectivity index (χ0n) is 9.82. The van der Waals surface area contributed by atoms with Crippen molar-refractivity contribution in [2.24, 2.45) is 0 Å². The first-order chi connectivity index (χ1) is 8.19. The van der Waals surface area contributed by atoms with E-state index < -0.39 is 0 Å². The van der Waals surface area contributed by atoms with Crippen LogP contribution < -0.4 is 5.32 Å². The fourth-order valence-corrected chi connectivity index (χ4v) is 1.65. The molecule has 0 aliphatic carbocycles. The molecule has 0 aliphatic rings. The van der Waals surface area contributed by atoms with E-state index in [0.717, 1.165) is 5.56 Å². The highest BCUT2D eigenvalue weighted by Gasteiger charge is 2.10. The molecular formula is C12H17ClN2O2. The highest BCUT2D eigenvalue weighted by Crippen LogP contribution is 2.14. The lowest BCUT2D eigenvalue weighted by Gasteiger charge is -2.20. The molecule has 0 aliphatic heterocycles. The Hall–Kier alpha value is -1.26. The zero-order valence-corrected chi connectivity index (χ0v) is 10.6. The molecule has 2 N–H and O–H groups in total. The third-order valence-electron chi connectivity index (χ3n) is 2.43. The Morgan fingerprint density at radius 1 is 1.47 bits per heavy atom. The van der Waals surface area contributed by atoms with Crippen molar-refractivity contribution in [3.63, 3.8) is 0 Å². The smallest absolute Gasteiger partial charge is 0.317 e. The lowest BCUT2D eigenvalue weighted by Crippen LogP contribution is -2.41. The number of aliphatic hydroxyl groups is 1. The molecule has 0 saturated carbocycles.